The molecule has 4 rings (SSSR count). The van der Waals surface area contributed by atoms with Gasteiger partial charge in [-0.3, -0.25) is 14.4 Å². The van der Waals surface area contributed by atoms with Crippen LogP contribution in [0.4, 0.5) is 0 Å². The Labute approximate surface area is 210 Å². The van der Waals surface area contributed by atoms with Crippen LogP contribution in [0.25, 0.3) is 0 Å². The molecule has 0 heterocycles. The van der Waals surface area contributed by atoms with Crippen molar-refractivity contribution < 1.29 is 49.8 Å². The highest BCUT2D eigenvalue weighted by molar-refractivity contribution is 6.23. The van der Waals surface area contributed by atoms with Crippen molar-refractivity contribution in [3.8, 4) is 0 Å². The van der Waals surface area contributed by atoms with Crippen molar-refractivity contribution in [3.63, 3.8) is 0 Å². The number of carbonyl (C=O) groups excluding carboxylic acids is 3. The van der Waals surface area contributed by atoms with Gasteiger partial charge in [-0.25, -0.2) is 0 Å². The number of aliphatic hydroxyl groups excluding tert-OH is 5. The molecule has 0 bridgehead atoms. The molecule has 10 nitrogen and oxygen atoms in total. The summed E-state index contributed by atoms with van der Waals surface area (Å²) in [5.41, 5.74) is -3.24. The van der Waals surface area contributed by atoms with E-state index < -0.39 is 82.6 Å². The van der Waals surface area contributed by atoms with Crippen molar-refractivity contribution in [2.45, 2.75) is 83.1 Å². The van der Waals surface area contributed by atoms with Gasteiger partial charge >= 0.3 is 0 Å². The number of aliphatic hydroxyl groups is 6. The van der Waals surface area contributed by atoms with Gasteiger partial charge in [-0.1, -0.05) is 6.92 Å². The van der Waals surface area contributed by atoms with E-state index in [0.29, 0.717) is 32.3 Å². The normalized spacial score (nSPS) is 45.6. The maximum atomic E-state index is 13.8. The number of carbonyl (C=O) groups is 3. The summed E-state index contributed by atoms with van der Waals surface area (Å²) in [6.07, 6.45) is -3.75. The van der Waals surface area contributed by atoms with Crippen LogP contribution in [-0.4, -0.2) is 84.8 Å². The summed E-state index contributed by atoms with van der Waals surface area (Å²) < 4.78 is 5.15. The third-order valence-electron chi connectivity index (χ3n) is 9.49. The molecule has 202 valence electrons. The lowest BCUT2D eigenvalue weighted by atomic mass is 9.46. The zero-order valence-electron chi connectivity index (χ0n) is 20.9. The summed E-state index contributed by atoms with van der Waals surface area (Å²) in [6.45, 7) is 5.01. The second-order valence-corrected chi connectivity index (χ2v) is 11.1. The number of ketones is 3. The lowest BCUT2D eigenvalue weighted by Crippen LogP contribution is -2.73. The molecule has 0 radical (unpaired) electrons. The lowest BCUT2D eigenvalue weighted by Gasteiger charge is -2.60. The van der Waals surface area contributed by atoms with Gasteiger partial charge < -0.3 is 35.4 Å². The van der Waals surface area contributed by atoms with Crippen LogP contribution >= 0.6 is 0 Å². The van der Waals surface area contributed by atoms with Crippen molar-refractivity contribution >= 4 is 17.3 Å². The highest BCUT2D eigenvalue weighted by Gasteiger charge is 2.69. The number of Topliss-reactive ketones (excluding diaryl/α,β-unsaturated/α-hetero) is 3. The number of rotatable bonds is 6. The average molecular weight is 511 g/mol. The van der Waals surface area contributed by atoms with Crippen LogP contribution in [0.2, 0.25) is 0 Å². The summed E-state index contributed by atoms with van der Waals surface area (Å²) >= 11 is 0. The van der Waals surface area contributed by atoms with Crippen LogP contribution in [0.3, 0.4) is 0 Å². The predicted octanol–water partition coefficient (Wildman–Crippen LogP) is 0.0326. The first kappa shape index (κ1) is 27.3. The van der Waals surface area contributed by atoms with Crippen LogP contribution in [0, 0.1) is 41.4 Å². The minimum atomic E-state index is -2.61. The number of hydrogen-bond donors (Lipinski definition) is 6. The molecule has 3 fully saturated rings. The molecule has 10 heteroatoms. The van der Waals surface area contributed by atoms with Gasteiger partial charge in [0.05, 0.1) is 18.1 Å². The molecular weight excluding hydrogens is 472 g/mol. The average Bonchev–Trinajstić information content (AvgIpc) is 2.81. The van der Waals surface area contributed by atoms with E-state index in [2.05, 4.69) is 0 Å². The van der Waals surface area contributed by atoms with Crippen molar-refractivity contribution in [1.82, 2.24) is 0 Å². The minimum Gasteiger partial charge on any atom is -0.511 e. The molecule has 4 aliphatic carbocycles. The monoisotopic (exact) mass is 510 g/mol. The van der Waals surface area contributed by atoms with Crippen molar-refractivity contribution in [2.24, 2.45) is 41.4 Å². The Bertz CT molecular complexity index is 945. The highest BCUT2D eigenvalue weighted by atomic mass is 16.6. The zero-order chi connectivity index (χ0) is 26.7. The second kappa shape index (κ2) is 9.89. The molecule has 36 heavy (non-hydrogen) atoms. The zero-order valence-corrected chi connectivity index (χ0v) is 20.9. The molecule has 3 saturated carbocycles. The number of fused-ring (bicyclic) bond motifs is 3. The second-order valence-electron chi connectivity index (χ2n) is 11.1. The van der Waals surface area contributed by atoms with Crippen LogP contribution in [0.15, 0.2) is 11.3 Å². The van der Waals surface area contributed by atoms with Gasteiger partial charge in [-0.05, 0) is 57.3 Å². The summed E-state index contributed by atoms with van der Waals surface area (Å²) in [4.78, 5) is 39.1. The van der Waals surface area contributed by atoms with E-state index in [-0.39, 0.29) is 24.2 Å². The Morgan fingerprint density at radius 2 is 1.81 bits per heavy atom. The molecule has 0 saturated heterocycles. The van der Waals surface area contributed by atoms with Crippen molar-refractivity contribution in [3.05, 3.63) is 11.3 Å². The first-order valence-electron chi connectivity index (χ1n) is 13.0. The van der Waals surface area contributed by atoms with E-state index in [4.69, 9.17) is 4.74 Å². The summed E-state index contributed by atoms with van der Waals surface area (Å²) in [5.74, 6) is -8.16. The standard InChI is InChI=1S/C26H38O10/c1-4-36-16(29)8-6-12-5-7-13-10(2)17-20(23(32)19(13)21(12)30)25(34)26(35)14(22(17)31)9-15(28)18(11(3)27)24(26)33/h10,12-14,16-17,19-22,25,28-31,34-35H,4-9H2,1-3H3. The molecule has 6 N–H and O–H groups in total. The Kier molecular flexibility index (Phi) is 7.51. The van der Waals surface area contributed by atoms with Gasteiger partial charge in [-0.15, -0.1) is 0 Å². The van der Waals surface area contributed by atoms with Gasteiger partial charge in [0.1, 0.15) is 23.2 Å². The van der Waals surface area contributed by atoms with E-state index in [1.807, 2.05) is 6.92 Å². The first-order chi connectivity index (χ1) is 16.9. The maximum Gasteiger partial charge on any atom is 0.204 e. The predicted molar refractivity (Wildman–Crippen MR) is 124 cm³/mol. The van der Waals surface area contributed by atoms with Crippen LogP contribution in [-0.2, 0) is 19.1 Å². The topological polar surface area (TPSA) is 182 Å². The molecule has 12 unspecified atom stereocenters. The van der Waals surface area contributed by atoms with Crippen LogP contribution < -0.4 is 0 Å². The molecule has 0 aromatic carbocycles. The van der Waals surface area contributed by atoms with Gasteiger partial charge in [0.2, 0.25) is 5.78 Å². The van der Waals surface area contributed by atoms with Crippen LogP contribution in [0.1, 0.15) is 52.9 Å². The third kappa shape index (κ3) is 3.97. The summed E-state index contributed by atoms with van der Waals surface area (Å²) in [7, 11) is 0. The minimum absolute atomic E-state index is 0.272. The van der Waals surface area contributed by atoms with Crippen LogP contribution in [0.5, 0.6) is 0 Å². The molecule has 0 aromatic heterocycles. The molecule has 0 aromatic rings. The van der Waals surface area contributed by atoms with Crippen molar-refractivity contribution in [1.29, 1.82) is 0 Å². The fourth-order valence-corrected chi connectivity index (χ4v) is 7.74. The third-order valence-corrected chi connectivity index (χ3v) is 9.49. The SMILES string of the molecule is CCOC(O)CCC1CCC2C(C)C3C(O)C4CC(O)=C(C(C)=O)C(=O)C4(O)C(O)C3C(=O)C2C1O. The van der Waals surface area contributed by atoms with E-state index in [1.165, 1.54) is 0 Å². The quantitative estimate of drug-likeness (QED) is 0.211. The molecule has 0 aliphatic heterocycles. The smallest absolute Gasteiger partial charge is 0.204 e. The fourth-order valence-electron chi connectivity index (χ4n) is 7.74. The molecule has 4 aliphatic rings. The Hall–Kier alpha value is -1.69. The molecular formula is C26H38O10. The van der Waals surface area contributed by atoms with E-state index >= 15 is 0 Å². The van der Waals surface area contributed by atoms with Gasteiger partial charge in [0.25, 0.3) is 0 Å². The van der Waals surface area contributed by atoms with Gasteiger partial charge in [-0.2, -0.15) is 0 Å². The summed E-state index contributed by atoms with van der Waals surface area (Å²) in [6, 6.07) is 0. The Balaban J connectivity index is 1.65. The molecule has 12 atom stereocenters. The van der Waals surface area contributed by atoms with E-state index in [1.54, 1.807) is 6.92 Å². The van der Waals surface area contributed by atoms with Gasteiger partial charge in [0.15, 0.2) is 17.7 Å². The lowest BCUT2D eigenvalue weighted by molar-refractivity contribution is -0.235. The fraction of sp³-hybridized carbons (Fsp3) is 0.808. The number of allylic oxidation sites excluding steroid dienone is 1. The van der Waals surface area contributed by atoms with E-state index in [9.17, 15) is 45.0 Å². The number of hydrogen-bond acceptors (Lipinski definition) is 10. The summed E-state index contributed by atoms with van der Waals surface area (Å²) in [5, 5.41) is 65.7. The first-order valence-corrected chi connectivity index (χ1v) is 13.0. The highest BCUT2D eigenvalue weighted by Crippen LogP contribution is 2.57. The van der Waals surface area contributed by atoms with Gasteiger partial charge in [0, 0.05) is 30.8 Å². The van der Waals surface area contributed by atoms with E-state index in [0.717, 1.165) is 6.92 Å². The Morgan fingerprint density at radius 3 is 2.42 bits per heavy atom. The molecule has 0 amide bonds. The largest absolute Gasteiger partial charge is 0.511 e. The number of ether oxygens (including phenoxy) is 1. The Morgan fingerprint density at radius 1 is 1.14 bits per heavy atom. The van der Waals surface area contributed by atoms with Crippen molar-refractivity contribution in [2.75, 3.05) is 6.61 Å². The maximum absolute atomic E-state index is 13.8. The molecule has 0 spiro atoms.